The van der Waals surface area contributed by atoms with Crippen molar-refractivity contribution in [3.05, 3.63) is 40.9 Å². The van der Waals surface area contributed by atoms with Crippen LogP contribution in [0.5, 0.6) is 0 Å². The number of nitrogens with zero attached hydrogens (tertiary/aromatic N) is 3. The molecule has 2 aliphatic heterocycles. The fourth-order valence-corrected chi connectivity index (χ4v) is 4.43. The minimum Gasteiger partial charge on any atom is -0.336 e. The number of benzene rings is 1. The van der Waals surface area contributed by atoms with E-state index in [-0.39, 0.29) is 5.91 Å². The summed E-state index contributed by atoms with van der Waals surface area (Å²) in [5, 5.41) is 6.21. The standard InChI is InChI=1S/C19H24N4OS/c1-14-2-4-15(5-3-14)18-21-17(13-25-18)19(24)23-9-6-16(12-23)22-10-7-20-8-11-22/h2-5,13,16,20H,6-12H2,1H3. The Kier molecular flexibility index (Phi) is 4.83. The third kappa shape index (κ3) is 3.61. The first kappa shape index (κ1) is 16.7. The van der Waals surface area contributed by atoms with Gasteiger partial charge in [0.1, 0.15) is 10.7 Å². The molecule has 2 fully saturated rings. The second-order valence-electron chi connectivity index (χ2n) is 6.88. The van der Waals surface area contributed by atoms with Crippen LogP contribution in [0.25, 0.3) is 10.6 Å². The molecule has 3 heterocycles. The Morgan fingerprint density at radius 3 is 2.72 bits per heavy atom. The fraction of sp³-hybridized carbons (Fsp3) is 0.474. The number of carbonyl (C=O) groups is 1. The van der Waals surface area contributed by atoms with E-state index in [0.717, 1.165) is 56.3 Å². The van der Waals surface area contributed by atoms with E-state index < -0.39 is 0 Å². The lowest BCUT2D eigenvalue weighted by atomic mass is 10.2. The van der Waals surface area contributed by atoms with E-state index in [1.165, 1.54) is 5.56 Å². The summed E-state index contributed by atoms with van der Waals surface area (Å²) in [5.41, 5.74) is 2.89. The maximum atomic E-state index is 12.8. The van der Waals surface area contributed by atoms with E-state index in [2.05, 4.69) is 46.4 Å². The van der Waals surface area contributed by atoms with Crippen molar-refractivity contribution in [3.63, 3.8) is 0 Å². The Morgan fingerprint density at radius 2 is 1.96 bits per heavy atom. The zero-order valence-corrected chi connectivity index (χ0v) is 15.4. The number of aromatic nitrogens is 1. The van der Waals surface area contributed by atoms with E-state index in [1.54, 1.807) is 11.3 Å². The number of nitrogens with one attached hydrogen (secondary N) is 1. The van der Waals surface area contributed by atoms with Gasteiger partial charge in [-0.15, -0.1) is 11.3 Å². The van der Waals surface area contributed by atoms with Gasteiger partial charge in [0.05, 0.1) is 0 Å². The monoisotopic (exact) mass is 356 g/mol. The van der Waals surface area contributed by atoms with Crippen LogP contribution in [-0.2, 0) is 0 Å². The molecule has 4 rings (SSSR count). The number of thiazole rings is 1. The van der Waals surface area contributed by atoms with Crippen molar-refractivity contribution < 1.29 is 4.79 Å². The van der Waals surface area contributed by atoms with Gasteiger partial charge in [0.15, 0.2) is 0 Å². The molecule has 1 aromatic carbocycles. The molecule has 0 bridgehead atoms. The van der Waals surface area contributed by atoms with Crippen LogP contribution in [0, 0.1) is 6.92 Å². The lowest BCUT2D eigenvalue weighted by molar-refractivity contribution is 0.0768. The Balaban J connectivity index is 1.42. The van der Waals surface area contributed by atoms with E-state index in [9.17, 15) is 4.79 Å². The maximum Gasteiger partial charge on any atom is 0.273 e. The van der Waals surface area contributed by atoms with Gasteiger partial charge in [-0.25, -0.2) is 4.98 Å². The highest BCUT2D eigenvalue weighted by Crippen LogP contribution is 2.26. The quantitative estimate of drug-likeness (QED) is 0.916. The van der Waals surface area contributed by atoms with Gasteiger partial charge >= 0.3 is 0 Å². The third-order valence-corrected chi connectivity index (χ3v) is 6.03. The van der Waals surface area contributed by atoms with E-state index >= 15 is 0 Å². The van der Waals surface area contributed by atoms with Crippen LogP contribution in [0.1, 0.15) is 22.5 Å². The summed E-state index contributed by atoms with van der Waals surface area (Å²) in [6, 6.07) is 8.80. The number of rotatable bonds is 3. The molecule has 6 heteroatoms. The molecule has 5 nitrogen and oxygen atoms in total. The number of likely N-dealkylation sites (tertiary alicyclic amines) is 1. The highest BCUT2D eigenvalue weighted by molar-refractivity contribution is 7.13. The Bertz CT molecular complexity index is 736. The highest BCUT2D eigenvalue weighted by Gasteiger charge is 2.32. The molecule has 1 aromatic heterocycles. The Morgan fingerprint density at radius 1 is 1.20 bits per heavy atom. The molecule has 2 saturated heterocycles. The molecule has 0 aliphatic carbocycles. The maximum absolute atomic E-state index is 12.8. The molecule has 132 valence electrons. The van der Waals surface area contributed by atoms with Gasteiger partial charge in [-0.05, 0) is 13.3 Å². The topological polar surface area (TPSA) is 48.5 Å². The SMILES string of the molecule is Cc1ccc(-c2nc(C(=O)N3CCC(N4CCNCC4)C3)cs2)cc1. The molecule has 1 atom stereocenters. The second kappa shape index (κ2) is 7.23. The van der Waals surface area contributed by atoms with Crippen LogP contribution in [0.3, 0.4) is 0 Å². The van der Waals surface area contributed by atoms with Crippen molar-refractivity contribution in [2.24, 2.45) is 0 Å². The van der Waals surface area contributed by atoms with Gasteiger partial charge in [-0.1, -0.05) is 29.8 Å². The number of amides is 1. The van der Waals surface area contributed by atoms with Crippen LogP contribution in [0.2, 0.25) is 0 Å². The van der Waals surface area contributed by atoms with E-state index in [0.29, 0.717) is 11.7 Å². The van der Waals surface area contributed by atoms with Crippen molar-refractivity contribution in [2.45, 2.75) is 19.4 Å². The molecular weight excluding hydrogens is 332 g/mol. The fourth-order valence-electron chi connectivity index (χ4n) is 3.63. The zero-order chi connectivity index (χ0) is 17.2. The average Bonchev–Trinajstić information content (AvgIpc) is 3.33. The van der Waals surface area contributed by atoms with Gasteiger partial charge < -0.3 is 10.2 Å². The molecule has 0 radical (unpaired) electrons. The number of aryl methyl sites for hydroxylation is 1. The van der Waals surface area contributed by atoms with Crippen LogP contribution < -0.4 is 5.32 Å². The molecule has 1 unspecified atom stereocenters. The van der Waals surface area contributed by atoms with Crippen molar-refractivity contribution in [3.8, 4) is 10.6 Å². The second-order valence-corrected chi connectivity index (χ2v) is 7.74. The molecule has 2 aromatic rings. The molecule has 0 saturated carbocycles. The van der Waals surface area contributed by atoms with Crippen molar-refractivity contribution >= 4 is 17.2 Å². The first-order valence-electron chi connectivity index (χ1n) is 8.97. The molecule has 0 spiro atoms. The van der Waals surface area contributed by atoms with Gasteiger partial charge in [0, 0.05) is 56.3 Å². The zero-order valence-electron chi connectivity index (χ0n) is 14.6. The smallest absolute Gasteiger partial charge is 0.273 e. The van der Waals surface area contributed by atoms with Crippen molar-refractivity contribution in [2.75, 3.05) is 39.3 Å². The summed E-state index contributed by atoms with van der Waals surface area (Å²) in [7, 11) is 0. The molecular formula is C19H24N4OS. The third-order valence-electron chi connectivity index (χ3n) is 5.14. The summed E-state index contributed by atoms with van der Waals surface area (Å²) in [4.78, 5) is 21.9. The number of hydrogen-bond acceptors (Lipinski definition) is 5. The first-order chi connectivity index (χ1) is 12.2. The normalized spacial score (nSPS) is 21.6. The van der Waals surface area contributed by atoms with E-state index in [4.69, 9.17) is 0 Å². The Hall–Kier alpha value is -1.76. The molecule has 1 amide bonds. The van der Waals surface area contributed by atoms with Crippen LogP contribution >= 0.6 is 11.3 Å². The number of hydrogen-bond donors (Lipinski definition) is 1. The van der Waals surface area contributed by atoms with Crippen LogP contribution in [0.4, 0.5) is 0 Å². The summed E-state index contributed by atoms with van der Waals surface area (Å²) in [5.74, 6) is 0.0762. The van der Waals surface area contributed by atoms with Gasteiger partial charge in [0.25, 0.3) is 5.91 Å². The van der Waals surface area contributed by atoms with E-state index in [1.807, 2.05) is 10.3 Å². The summed E-state index contributed by atoms with van der Waals surface area (Å²) in [6.45, 7) is 8.01. The summed E-state index contributed by atoms with van der Waals surface area (Å²) in [6.07, 6.45) is 1.07. The Labute approximate surface area is 152 Å². The molecule has 1 N–H and O–H groups in total. The summed E-state index contributed by atoms with van der Waals surface area (Å²) >= 11 is 1.55. The largest absolute Gasteiger partial charge is 0.336 e. The van der Waals surface area contributed by atoms with Crippen LogP contribution in [0.15, 0.2) is 29.6 Å². The number of piperazine rings is 1. The van der Waals surface area contributed by atoms with Gasteiger partial charge in [-0.2, -0.15) is 0 Å². The lowest BCUT2D eigenvalue weighted by Crippen LogP contribution is -2.49. The number of carbonyl (C=O) groups excluding carboxylic acids is 1. The molecule has 25 heavy (non-hydrogen) atoms. The molecule has 2 aliphatic rings. The van der Waals surface area contributed by atoms with Crippen molar-refractivity contribution in [1.29, 1.82) is 0 Å². The van der Waals surface area contributed by atoms with Crippen LogP contribution in [-0.4, -0.2) is 66.0 Å². The van der Waals surface area contributed by atoms with Gasteiger partial charge in [-0.3, -0.25) is 9.69 Å². The predicted molar refractivity (Wildman–Crippen MR) is 101 cm³/mol. The lowest BCUT2D eigenvalue weighted by Gasteiger charge is -2.32. The predicted octanol–water partition coefficient (Wildman–Crippen LogP) is 2.24. The minimum absolute atomic E-state index is 0.0762. The highest BCUT2D eigenvalue weighted by atomic mass is 32.1. The summed E-state index contributed by atoms with van der Waals surface area (Å²) < 4.78 is 0. The minimum atomic E-state index is 0.0762. The average molecular weight is 356 g/mol. The van der Waals surface area contributed by atoms with Gasteiger partial charge in [0.2, 0.25) is 0 Å². The van der Waals surface area contributed by atoms with Crippen molar-refractivity contribution in [1.82, 2.24) is 20.1 Å². The first-order valence-corrected chi connectivity index (χ1v) is 9.85.